The van der Waals surface area contributed by atoms with Crippen molar-refractivity contribution in [2.75, 3.05) is 31.1 Å². The van der Waals surface area contributed by atoms with Crippen molar-refractivity contribution in [2.24, 2.45) is 0 Å². The summed E-state index contributed by atoms with van der Waals surface area (Å²) in [4.78, 5) is 21.1. The van der Waals surface area contributed by atoms with Crippen molar-refractivity contribution in [3.63, 3.8) is 0 Å². The van der Waals surface area contributed by atoms with Crippen LogP contribution in [0.2, 0.25) is 5.02 Å². The van der Waals surface area contributed by atoms with E-state index in [1.54, 1.807) is 17.1 Å². The predicted octanol–water partition coefficient (Wildman–Crippen LogP) is 2.34. The van der Waals surface area contributed by atoms with Gasteiger partial charge < -0.3 is 9.80 Å². The molecule has 8 heteroatoms. The number of carbonyl (C=O) groups excluding carboxylic acids is 1. The molecule has 1 aromatic carbocycles. The molecule has 0 unspecified atom stereocenters. The van der Waals surface area contributed by atoms with Gasteiger partial charge >= 0.3 is 0 Å². The summed E-state index contributed by atoms with van der Waals surface area (Å²) in [6.45, 7) is 3.24. The molecular formula is C19H19ClN6O. The summed E-state index contributed by atoms with van der Waals surface area (Å²) in [5.74, 6) is 0.844. The summed E-state index contributed by atoms with van der Waals surface area (Å²) in [6.07, 6.45) is 3.46. The number of amides is 1. The molecule has 0 atom stereocenters. The average molecular weight is 383 g/mol. The van der Waals surface area contributed by atoms with Crippen molar-refractivity contribution in [2.45, 2.75) is 6.54 Å². The Kier molecular flexibility index (Phi) is 5.02. The molecule has 1 amide bonds. The van der Waals surface area contributed by atoms with Crippen LogP contribution in [0.4, 0.5) is 5.82 Å². The molecule has 3 aromatic rings. The lowest BCUT2D eigenvalue weighted by atomic mass is 10.2. The number of carbonyl (C=O) groups is 1. The Balaban J connectivity index is 1.38. The van der Waals surface area contributed by atoms with E-state index in [1.807, 2.05) is 47.4 Å². The van der Waals surface area contributed by atoms with Gasteiger partial charge in [-0.25, -0.2) is 9.67 Å². The number of anilines is 1. The topological polar surface area (TPSA) is 67.2 Å². The van der Waals surface area contributed by atoms with Gasteiger partial charge in [0.05, 0.1) is 12.7 Å². The molecule has 7 nitrogen and oxygen atoms in total. The predicted molar refractivity (Wildman–Crippen MR) is 103 cm³/mol. The smallest absolute Gasteiger partial charge is 0.276 e. The van der Waals surface area contributed by atoms with E-state index in [9.17, 15) is 4.79 Å². The number of hydrogen-bond acceptors (Lipinski definition) is 5. The number of aromatic nitrogens is 4. The van der Waals surface area contributed by atoms with Crippen molar-refractivity contribution in [1.29, 1.82) is 0 Å². The van der Waals surface area contributed by atoms with Crippen LogP contribution in [0, 0.1) is 0 Å². The van der Waals surface area contributed by atoms with Crippen LogP contribution in [-0.2, 0) is 6.54 Å². The molecule has 0 N–H and O–H groups in total. The van der Waals surface area contributed by atoms with Crippen molar-refractivity contribution in [1.82, 2.24) is 24.9 Å². The third kappa shape index (κ3) is 3.93. The van der Waals surface area contributed by atoms with E-state index in [-0.39, 0.29) is 5.91 Å². The third-order valence-corrected chi connectivity index (χ3v) is 4.96. The number of halogens is 1. The molecule has 0 saturated carbocycles. The SMILES string of the molecule is O=C(c1cn(Cc2ccccc2Cl)nn1)N1CCN(c2ccccn2)CC1. The first kappa shape index (κ1) is 17.5. The molecule has 4 rings (SSSR count). The minimum atomic E-state index is -0.0962. The number of hydrogen-bond donors (Lipinski definition) is 0. The van der Waals surface area contributed by atoms with Crippen LogP contribution in [0.3, 0.4) is 0 Å². The van der Waals surface area contributed by atoms with E-state index in [1.165, 1.54) is 0 Å². The Morgan fingerprint density at radius 3 is 2.56 bits per heavy atom. The minimum Gasteiger partial charge on any atom is -0.353 e. The fraction of sp³-hybridized carbons (Fsp3) is 0.263. The maximum atomic E-state index is 12.7. The summed E-state index contributed by atoms with van der Waals surface area (Å²) in [6, 6.07) is 13.4. The van der Waals surface area contributed by atoms with E-state index in [0.717, 1.165) is 24.5 Å². The molecule has 0 radical (unpaired) electrons. The second-order valence-electron chi connectivity index (χ2n) is 6.36. The monoisotopic (exact) mass is 382 g/mol. The van der Waals surface area contributed by atoms with Gasteiger partial charge in [-0.1, -0.05) is 41.1 Å². The summed E-state index contributed by atoms with van der Waals surface area (Å²) in [7, 11) is 0. The highest BCUT2D eigenvalue weighted by molar-refractivity contribution is 6.31. The van der Waals surface area contributed by atoms with E-state index < -0.39 is 0 Å². The Labute approximate surface area is 162 Å². The highest BCUT2D eigenvalue weighted by Gasteiger charge is 2.24. The molecule has 3 heterocycles. The number of benzene rings is 1. The van der Waals surface area contributed by atoms with Crippen LogP contribution in [0.15, 0.2) is 54.9 Å². The number of nitrogens with zero attached hydrogens (tertiary/aromatic N) is 6. The quantitative estimate of drug-likeness (QED) is 0.692. The Bertz CT molecular complexity index is 921. The largest absolute Gasteiger partial charge is 0.353 e. The molecule has 0 aliphatic carbocycles. The highest BCUT2D eigenvalue weighted by atomic mass is 35.5. The third-order valence-electron chi connectivity index (χ3n) is 4.59. The standard InChI is InChI=1S/C19H19ClN6O/c20-16-6-2-1-5-15(16)13-26-14-17(22-23-26)19(27)25-11-9-24(10-12-25)18-7-3-4-8-21-18/h1-8,14H,9-13H2. The van der Waals surface area contributed by atoms with Gasteiger partial charge in [0.15, 0.2) is 5.69 Å². The van der Waals surface area contributed by atoms with E-state index in [2.05, 4.69) is 20.2 Å². The highest BCUT2D eigenvalue weighted by Crippen LogP contribution is 2.17. The van der Waals surface area contributed by atoms with Crippen LogP contribution in [0.1, 0.15) is 16.1 Å². The molecule has 2 aromatic heterocycles. The second-order valence-corrected chi connectivity index (χ2v) is 6.77. The lowest BCUT2D eigenvalue weighted by Gasteiger charge is -2.35. The zero-order chi connectivity index (χ0) is 18.6. The molecule has 138 valence electrons. The van der Waals surface area contributed by atoms with E-state index >= 15 is 0 Å². The van der Waals surface area contributed by atoms with Gasteiger partial charge in [0.25, 0.3) is 5.91 Å². The lowest BCUT2D eigenvalue weighted by Crippen LogP contribution is -2.49. The van der Waals surface area contributed by atoms with Gasteiger partial charge in [-0.05, 0) is 23.8 Å². The zero-order valence-corrected chi connectivity index (χ0v) is 15.5. The fourth-order valence-electron chi connectivity index (χ4n) is 3.12. The Hall–Kier alpha value is -2.93. The van der Waals surface area contributed by atoms with Crippen molar-refractivity contribution < 1.29 is 4.79 Å². The van der Waals surface area contributed by atoms with E-state index in [4.69, 9.17) is 11.6 Å². The summed E-state index contributed by atoms with van der Waals surface area (Å²) in [5.41, 5.74) is 1.29. The normalized spacial score (nSPS) is 14.4. The van der Waals surface area contributed by atoms with Crippen LogP contribution in [0.25, 0.3) is 0 Å². The van der Waals surface area contributed by atoms with Gasteiger partial charge in [-0.3, -0.25) is 4.79 Å². The number of rotatable bonds is 4. The van der Waals surface area contributed by atoms with Crippen molar-refractivity contribution in [3.05, 3.63) is 71.1 Å². The van der Waals surface area contributed by atoms with Crippen molar-refractivity contribution in [3.8, 4) is 0 Å². The molecule has 1 fully saturated rings. The average Bonchev–Trinajstić information content (AvgIpc) is 3.18. The Morgan fingerprint density at radius 2 is 1.81 bits per heavy atom. The maximum absolute atomic E-state index is 12.7. The van der Waals surface area contributed by atoms with E-state index in [0.29, 0.717) is 30.4 Å². The lowest BCUT2D eigenvalue weighted by molar-refractivity contribution is 0.0740. The number of piperazine rings is 1. The van der Waals surface area contributed by atoms with Gasteiger partial charge in [-0.15, -0.1) is 5.10 Å². The van der Waals surface area contributed by atoms with Gasteiger partial charge in [0, 0.05) is 37.4 Å². The summed E-state index contributed by atoms with van der Waals surface area (Å²) in [5, 5.41) is 8.79. The minimum absolute atomic E-state index is 0.0962. The molecule has 1 saturated heterocycles. The van der Waals surface area contributed by atoms with Crippen LogP contribution in [0.5, 0.6) is 0 Å². The molecule has 1 aliphatic rings. The first-order valence-electron chi connectivity index (χ1n) is 8.79. The first-order chi connectivity index (χ1) is 13.2. The summed E-state index contributed by atoms with van der Waals surface area (Å²) >= 11 is 6.18. The fourth-order valence-corrected chi connectivity index (χ4v) is 3.31. The number of pyridine rings is 1. The maximum Gasteiger partial charge on any atom is 0.276 e. The zero-order valence-electron chi connectivity index (χ0n) is 14.7. The molecular weight excluding hydrogens is 364 g/mol. The first-order valence-corrected chi connectivity index (χ1v) is 9.17. The van der Waals surface area contributed by atoms with Crippen molar-refractivity contribution >= 4 is 23.3 Å². The second kappa shape index (κ2) is 7.75. The van der Waals surface area contributed by atoms with Crippen LogP contribution in [-0.4, -0.2) is 57.0 Å². The Morgan fingerprint density at radius 1 is 1.04 bits per heavy atom. The van der Waals surface area contributed by atoms with Crippen LogP contribution < -0.4 is 4.90 Å². The molecule has 0 bridgehead atoms. The molecule has 1 aliphatic heterocycles. The van der Waals surface area contributed by atoms with Gasteiger partial charge in [0.2, 0.25) is 0 Å². The molecule has 0 spiro atoms. The van der Waals surface area contributed by atoms with Gasteiger partial charge in [-0.2, -0.15) is 0 Å². The summed E-state index contributed by atoms with van der Waals surface area (Å²) < 4.78 is 1.64. The molecule has 27 heavy (non-hydrogen) atoms. The van der Waals surface area contributed by atoms with Gasteiger partial charge in [0.1, 0.15) is 5.82 Å². The van der Waals surface area contributed by atoms with Crippen LogP contribution >= 0.6 is 11.6 Å².